The SMILES string of the molecule is CCC(CC)(CN)c1nc2cc(F)ccc2n1C(C)C. The number of halogens is 1. The van der Waals surface area contributed by atoms with E-state index in [1.807, 2.05) is 6.07 Å². The van der Waals surface area contributed by atoms with Gasteiger partial charge in [0, 0.05) is 24.1 Å². The molecule has 0 saturated heterocycles. The van der Waals surface area contributed by atoms with E-state index in [9.17, 15) is 4.39 Å². The van der Waals surface area contributed by atoms with Crippen molar-refractivity contribution in [2.45, 2.75) is 52.0 Å². The summed E-state index contributed by atoms with van der Waals surface area (Å²) < 4.78 is 15.6. The van der Waals surface area contributed by atoms with Gasteiger partial charge < -0.3 is 10.3 Å². The zero-order valence-electron chi connectivity index (χ0n) is 12.8. The van der Waals surface area contributed by atoms with Gasteiger partial charge in [0.05, 0.1) is 11.0 Å². The van der Waals surface area contributed by atoms with E-state index < -0.39 is 0 Å². The zero-order valence-corrected chi connectivity index (χ0v) is 12.8. The van der Waals surface area contributed by atoms with Crippen LogP contribution in [0.2, 0.25) is 0 Å². The van der Waals surface area contributed by atoms with Crippen LogP contribution in [-0.4, -0.2) is 16.1 Å². The normalized spacial score (nSPS) is 12.6. The standard InChI is InChI=1S/C16H24FN3/c1-5-16(6-2,10-18)15-19-13-9-12(17)7-8-14(13)20(15)11(3)4/h7-9,11H,5-6,10,18H2,1-4H3. The Hall–Kier alpha value is -1.42. The van der Waals surface area contributed by atoms with Crippen molar-refractivity contribution in [3.8, 4) is 0 Å². The van der Waals surface area contributed by atoms with Crippen molar-refractivity contribution < 1.29 is 4.39 Å². The molecular weight excluding hydrogens is 253 g/mol. The molecule has 2 rings (SSSR count). The second-order valence-corrected chi connectivity index (χ2v) is 5.72. The maximum absolute atomic E-state index is 13.4. The molecule has 0 unspecified atom stereocenters. The molecule has 0 aliphatic rings. The van der Waals surface area contributed by atoms with Gasteiger partial charge in [0.1, 0.15) is 11.6 Å². The van der Waals surface area contributed by atoms with E-state index in [2.05, 4.69) is 32.3 Å². The first kappa shape index (κ1) is 15.0. The summed E-state index contributed by atoms with van der Waals surface area (Å²) >= 11 is 0. The smallest absolute Gasteiger partial charge is 0.125 e. The summed E-state index contributed by atoms with van der Waals surface area (Å²) in [5.41, 5.74) is 7.61. The first-order valence-corrected chi connectivity index (χ1v) is 7.37. The van der Waals surface area contributed by atoms with Gasteiger partial charge in [0.25, 0.3) is 0 Å². The van der Waals surface area contributed by atoms with Gasteiger partial charge in [-0.25, -0.2) is 9.37 Å². The van der Waals surface area contributed by atoms with Crippen molar-refractivity contribution in [2.24, 2.45) is 5.73 Å². The highest BCUT2D eigenvalue weighted by molar-refractivity contribution is 5.76. The molecule has 110 valence electrons. The predicted octanol–water partition coefficient (Wildman–Crippen LogP) is 3.77. The maximum atomic E-state index is 13.4. The highest BCUT2D eigenvalue weighted by Crippen LogP contribution is 2.34. The lowest BCUT2D eigenvalue weighted by Crippen LogP contribution is -2.37. The molecule has 0 aliphatic heterocycles. The number of rotatable bonds is 5. The first-order chi connectivity index (χ1) is 9.49. The van der Waals surface area contributed by atoms with Gasteiger partial charge in [0.2, 0.25) is 0 Å². The average Bonchev–Trinajstić information content (AvgIpc) is 2.80. The van der Waals surface area contributed by atoms with Crippen molar-refractivity contribution in [1.29, 1.82) is 0 Å². The van der Waals surface area contributed by atoms with Crippen LogP contribution in [0.25, 0.3) is 11.0 Å². The molecule has 0 amide bonds. The molecule has 0 aliphatic carbocycles. The summed E-state index contributed by atoms with van der Waals surface area (Å²) in [4.78, 5) is 4.72. The fraction of sp³-hybridized carbons (Fsp3) is 0.562. The number of aromatic nitrogens is 2. The number of fused-ring (bicyclic) bond motifs is 1. The van der Waals surface area contributed by atoms with Crippen molar-refractivity contribution in [2.75, 3.05) is 6.54 Å². The van der Waals surface area contributed by atoms with Crippen molar-refractivity contribution in [3.63, 3.8) is 0 Å². The Kier molecular flexibility index (Phi) is 4.14. The second-order valence-electron chi connectivity index (χ2n) is 5.72. The number of benzene rings is 1. The molecule has 0 saturated carbocycles. The minimum Gasteiger partial charge on any atom is -0.329 e. The van der Waals surface area contributed by atoms with Crippen molar-refractivity contribution in [1.82, 2.24) is 9.55 Å². The highest BCUT2D eigenvalue weighted by atomic mass is 19.1. The van der Waals surface area contributed by atoms with Gasteiger partial charge in [0.15, 0.2) is 0 Å². The topological polar surface area (TPSA) is 43.8 Å². The van der Waals surface area contributed by atoms with Crippen LogP contribution in [0, 0.1) is 5.82 Å². The Labute approximate surface area is 120 Å². The zero-order chi connectivity index (χ0) is 14.9. The largest absolute Gasteiger partial charge is 0.329 e. The van der Waals surface area contributed by atoms with Gasteiger partial charge in [-0.15, -0.1) is 0 Å². The number of hydrogen-bond donors (Lipinski definition) is 1. The lowest BCUT2D eigenvalue weighted by atomic mass is 9.81. The summed E-state index contributed by atoms with van der Waals surface area (Å²) in [5, 5.41) is 0. The number of hydrogen-bond acceptors (Lipinski definition) is 2. The monoisotopic (exact) mass is 277 g/mol. The Morgan fingerprint density at radius 1 is 1.30 bits per heavy atom. The van der Waals surface area contributed by atoms with E-state index in [1.54, 1.807) is 0 Å². The Morgan fingerprint density at radius 2 is 1.95 bits per heavy atom. The van der Waals surface area contributed by atoms with E-state index in [0.29, 0.717) is 12.1 Å². The average molecular weight is 277 g/mol. The van der Waals surface area contributed by atoms with Gasteiger partial charge in [-0.05, 0) is 38.8 Å². The van der Waals surface area contributed by atoms with Crippen LogP contribution >= 0.6 is 0 Å². The minimum atomic E-state index is -0.246. The molecular formula is C16H24FN3. The van der Waals surface area contributed by atoms with Crippen molar-refractivity contribution in [3.05, 3.63) is 29.8 Å². The highest BCUT2D eigenvalue weighted by Gasteiger charge is 2.33. The molecule has 0 radical (unpaired) electrons. The molecule has 2 aromatic rings. The summed E-state index contributed by atoms with van der Waals surface area (Å²) in [7, 11) is 0. The van der Waals surface area contributed by atoms with Crippen LogP contribution in [0.3, 0.4) is 0 Å². The van der Waals surface area contributed by atoms with E-state index in [4.69, 9.17) is 10.7 Å². The van der Waals surface area contributed by atoms with Crippen molar-refractivity contribution >= 4 is 11.0 Å². The lowest BCUT2D eigenvalue weighted by Gasteiger charge is -2.31. The van der Waals surface area contributed by atoms with Crippen LogP contribution in [0.1, 0.15) is 52.4 Å². The van der Waals surface area contributed by atoms with Crippen LogP contribution in [-0.2, 0) is 5.41 Å². The molecule has 2 N–H and O–H groups in total. The van der Waals surface area contributed by atoms with Crippen LogP contribution in [0.15, 0.2) is 18.2 Å². The molecule has 0 bridgehead atoms. The fourth-order valence-electron chi connectivity index (χ4n) is 2.91. The molecule has 3 nitrogen and oxygen atoms in total. The van der Waals surface area contributed by atoms with Gasteiger partial charge in [-0.2, -0.15) is 0 Å². The molecule has 1 heterocycles. The second kappa shape index (κ2) is 5.52. The third kappa shape index (κ3) is 2.22. The van der Waals surface area contributed by atoms with E-state index in [1.165, 1.54) is 12.1 Å². The summed E-state index contributed by atoms with van der Waals surface area (Å²) in [6.45, 7) is 9.08. The van der Waals surface area contributed by atoms with Crippen LogP contribution in [0.5, 0.6) is 0 Å². The lowest BCUT2D eigenvalue weighted by molar-refractivity contribution is 0.359. The maximum Gasteiger partial charge on any atom is 0.125 e. The predicted molar refractivity (Wildman–Crippen MR) is 81.4 cm³/mol. The molecule has 0 spiro atoms. The molecule has 0 fully saturated rings. The van der Waals surface area contributed by atoms with E-state index in [0.717, 1.165) is 24.2 Å². The Balaban J connectivity index is 2.77. The molecule has 4 heteroatoms. The quantitative estimate of drug-likeness (QED) is 0.904. The third-order valence-corrected chi connectivity index (χ3v) is 4.39. The van der Waals surface area contributed by atoms with E-state index in [-0.39, 0.29) is 17.3 Å². The summed E-state index contributed by atoms with van der Waals surface area (Å²) in [6, 6.07) is 5.08. The van der Waals surface area contributed by atoms with Crippen LogP contribution in [0.4, 0.5) is 4.39 Å². The van der Waals surface area contributed by atoms with E-state index >= 15 is 0 Å². The Morgan fingerprint density at radius 3 is 2.45 bits per heavy atom. The third-order valence-electron chi connectivity index (χ3n) is 4.39. The molecule has 1 aromatic carbocycles. The van der Waals surface area contributed by atoms with Gasteiger partial charge >= 0.3 is 0 Å². The Bertz CT molecular complexity index is 589. The first-order valence-electron chi connectivity index (χ1n) is 7.37. The fourth-order valence-corrected chi connectivity index (χ4v) is 2.91. The van der Waals surface area contributed by atoms with Crippen LogP contribution < -0.4 is 5.73 Å². The number of imidazole rings is 1. The van der Waals surface area contributed by atoms with Gasteiger partial charge in [-0.3, -0.25) is 0 Å². The number of nitrogens with two attached hydrogens (primary N) is 1. The molecule has 1 aromatic heterocycles. The summed E-state index contributed by atoms with van der Waals surface area (Å²) in [5.74, 6) is 0.740. The minimum absolute atomic E-state index is 0.139. The van der Waals surface area contributed by atoms with Gasteiger partial charge in [-0.1, -0.05) is 13.8 Å². The molecule has 0 atom stereocenters. The molecule has 20 heavy (non-hydrogen) atoms. The summed E-state index contributed by atoms with van der Waals surface area (Å²) in [6.07, 6.45) is 1.86. The number of nitrogens with zero attached hydrogens (tertiary/aromatic N) is 2.